The molecule has 0 aliphatic rings. The smallest absolute Gasteiger partial charge is 0.269 e. The molecule has 1 aromatic rings. The molecule has 0 aromatic heterocycles. The van der Waals surface area contributed by atoms with E-state index in [1.165, 1.54) is 31.2 Å². The second kappa shape index (κ2) is 8.73. The molecule has 0 saturated carbocycles. The summed E-state index contributed by atoms with van der Waals surface area (Å²) in [4.78, 5) is 33.4. The fraction of sp³-hybridized carbons (Fsp3) is 0.429. The lowest BCUT2D eigenvalue weighted by Crippen LogP contribution is -2.42. The monoisotopic (exact) mass is 308 g/mol. The van der Waals surface area contributed by atoms with Gasteiger partial charge in [-0.25, -0.2) is 0 Å². The van der Waals surface area contributed by atoms with Gasteiger partial charge < -0.3 is 16.4 Å². The normalized spacial score (nSPS) is 11.5. The summed E-state index contributed by atoms with van der Waals surface area (Å²) in [6, 6.07) is 4.84. The summed E-state index contributed by atoms with van der Waals surface area (Å²) < 4.78 is 0. The number of nitrogens with two attached hydrogens (primary N) is 1. The van der Waals surface area contributed by atoms with Gasteiger partial charge in [0.25, 0.3) is 5.69 Å². The molecule has 0 saturated heterocycles. The van der Waals surface area contributed by atoms with Gasteiger partial charge in [-0.05, 0) is 37.9 Å². The number of nitrogens with zero attached hydrogens (tertiary/aromatic N) is 1. The number of carbonyl (C=O) groups excluding carboxylic acids is 2. The van der Waals surface area contributed by atoms with Crippen LogP contribution in [0, 0.1) is 10.1 Å². The number of anilines is 1. The molecule has 8 heteroatoms. The summed E-state index contributed by atoms with van der Waals surface area (Å²) in [6.45, 7) is 1.87. The van der Waals surface area contributed by atoms with Crippen LogP contribution in [0.4, 0.5) is 11.4 Å². The van der Waals surface area contributed by atoms with E-state index in [2.05, 4.69) is 10.6 Å². The van der Waals surface area contributed by atoms with Gasteiger partial charge in [-0.1, -0.05) is 0 Å². The maximum atomic E-state index is 12.2. The Balaban J connectivity index is 2.68. The predicted molar refractivity (Wildman–Crippen MR) is 82.2 cm³/mol. The summed E-state index contributed by atoms with van der Waals surface area (Å²) in [5.41, 5.74) is 5.79. The molecular formula is C14H20N4O4. The second-order valence-electron chi connectivity index (χ2n) is 4.83. The molecule has 1 atom stereocenters. The van der Waals surface area contributed by atoms with Crippen LogP contribution >= 0.6 is 0 Å². The number of non-ortho nitro benzene ring substituents is 1. The molecule has 22 heavy (non-hydrogen) atoms. The van der Waals surface area contributed by atoms with Crippen LogP contribution in [0.25, 0.3) is 0 Å². The lowest BCUT2D eigenvalue weighted by atomic mass is 10.1. The van der Waals surface area contributed by atoms with Crippen LogP contribution in [0.1, 0.15) is 26.2 Å². The molecule has 0 radical (unpaired) electrons. The highest BCUT2D eigenvalue weighted by molar-refractivity contribution is 5.96. The average Bonchev–Trinajstić information content (AvgIpc) is 2.46. The molecule has 0 aliphatic carbocycles. The van der Waals surface area contributed by atoms with Gasteiger partial charge in [0.2, 0.25) is 11.8 Å². The van der Waals surface area contributed by atoms with Crippen molar-refractivity contribution in [3.63, 3.8) is 0 Å². The number of nitro benzene ring substituents is 1. The van der Waals surface area contributed by atoms with Crippen LogP contribution in [0.3, 0.4) is 0 Å². The number of benzene rings is 1. The molecule has 0 unspecified atom stereocenters. The van der Waals surface area contributed by atoms with Crippen molar-refractivity contribution in [3.8, 4) is 0 Å². The number of nitro groups is 1. The first kappa shape index (κ1) is 17.6. The Morgan fingerprint density at radius 2 is 1.91 bits per heavy atom. The standard InChI is InChI=1S/C14H20N4O4/c1-10(19)16-13(4-2-3-9-15)14(20)17-11-5-7-12(8-6-11)18(21)22/h5-8,13H,2-4,9,15H2,1H3,(H,16,19)(H,17,20)/t13-/m0/s1. The lowest BCUT2D eigenvalue weighted by Gasteiger charge is -2.17. The predicted octanol–water partition coefficient (Wildman–Crippen LogP) is 1.17. The van der Waals surface area contributed by atoms with E-state index < -0.39 is 11.0 Å². The first-order valence-corrected chi connectivity index (χ1v) is 6.96. The number of nitrogens with one attached hydrogen (secondary N) is 2. The fourth-order valence-corrected chi connectivity index (χ4v) is 1.90. The SMILES string of the molecule is CC(=O)N[C@@H](CCCCN)C(=O)Nc1ccc([N+](=O)[O-])cc1. The molecule has 0 aliphatic heterocycles. The van der Waals surface area contributed by atoms with Crippen molar-refractivity contribution in [2.24, 2.45) is 5.73 Å². The zero-order valence-corrected chi connectivity index (χ0v) is 12.4. The molecule has 0 heterocycles. The molecule has 4 N–H and O–H groups in total. The maximum Gasteiger partial charge on any atom is 0.269 e. The third-order valence-corrected chi connectivity index (χ3v) is 2.99. The highest BCUT2D eigenvalue weighted by atomic mass is 16.6. The summed E-state index contributed by atoms with van der Waals surface area (Å²) in [5.74, 6) is -0.655. The van der Waals surface area contributed by atoms with E-state index in [1.807, 2.05) is 0 Å². The van der Waals surface area contributed by atoms with Gasteiger partial charge in [0.15, 0.2) is 0 Å². The topological polar surface area (TPSA) is 127 Å². The van der Waals surface area contributed by atoms with Gasteiger partial charge in [0, 0.05) is 24.7 Å². The Kier molecular flexibility index (Phi) is 6.97. The highest BCUT2D eigenvalue weighted by Gasteiger charge is 2.19. The van der Waals surface area contributed by atoms with Crippen molar-refractivity contribution in [1.82, 2.24) is 5.32 Å². The molecule has 120 valence electrons. The van der Waals surface area contributed by atoms with E-state index in [0.29, 0.717) is 18.7 Å². The quantitative estimate of drug-likeness (QED) is 0.377. The van der Waals surface area contributed by atoms with Crippen molar-refractivity contribution >= 4 is 23.2 Å². The third kappa shape index (κ3) is 5.88. The largest absolute Gasteiger partial charge is 0.345 e. The molecule has 1 rings (SSSR count). The Hall–Kier alpha value is -2.48. The van der Waals surface area contributed by atoms with Crippen molar-refractivity contribution in [2.45, 2.75) is 32.2 Å². The maximum absolute atomic E-state index is 12.2. The van der Waals surface area contributed by atoms with Crippen LogP contribution in [0.15, 0.2) is 24.3 Å². The first-order chi connectivity index (χ1) is 10.4. The van der Waals surface area contributed by atoms with Crippen molar-refractivity contribution in [1.29, 1.82) is 0 Å². The van der Waals surface area contributed by atoms with Crippen LogP contribution in [-0.2, 0) is 9.59 Å². The zero-order chi connectivity index (χ0) is 16.5. The van der Waals surface area contributed by atoms with E-state index in [-0.39, 0.29) is 17.5 Å². The summed E-state index contributed by atoms with van der Waals surface area (Å²) in [5, 5.41) is 15.8. The number of unbranched alkanes of at least 4 members (excludes halogenated alkanes) is 1. The molecular weight excluding hydrogens is 288 g/mol. The number of carbonyl (C=O) groups is 2. The van der Waals surface area contributed by atoms with E-state index in [0.717, 1.165) is 12.8 Å². The minimum atomic E-state index is -0.653. The first-order valence-electron chi connectivity index (χ1n) is 6.96. The second-order valence-corrected chi connectivity index (χ2v) is 4.83. The fourth-order valence-electron chi connectivity index (χ4n) is 1.90. The minimum absolute atomic E-state index is 0.0562. The zero-order valence-electron chi connectivity index (χ0n) is 12.4. The van der Waals surface area contributed by atoms with E-state index in [1.54, 1.807) is 0 Å². The molecule has 8 nitrogen and oxygen atoms in total. The minimum Gasteiger partial charge on any atom is -0.345 e. The Morgan fingerprint density at radius 3 is 2.41 bits per heavy atom. The van der Waals surface area contributed by atoms with Crippen LogP contribution < -0.4 is 16.4 Å². The van der Waals surface area contributed by atoms with Gasteiger partial charge in [-0.15, -0.1) is 0 Å². The van der Waals surface area contributed by atoms with Crippen molar-refractivity contribution < 1.29 is 14.5 Å². The number of rotatable bonds is 8. The van der Waals surface area contributed by atoms with Crippen LogP contribution in [-0.4, -0.2) is 29.3 Å². The van der Waals surface area contributed by atoms with Gasteiger partial charge >= 0.3 is 0 Å². The Bertz CT molecular complexity index is 530. The summed E-state index contributed by atoms with van der Waals surface area (Å²) >= 11 is 0. The van der Waals surface area contributed by atoms with E-state index in [4.69, 9.17) is 5.73 Å². The number of hydrogen-bond donors (Lipinski definition) is 3. The van der Waals surface area contributed by atoms with Crippen LogP contribution in [0.5, 0.6) is 0 Å². The Labute approximate surface area is 128 Å². The van der Waals surface area contributed by atoms with E-state index >= 15 is 0 Å². The molecule has 1 aromatic carbocycles. The van der Waals surface area contributed by atoms with Crippen molar-refractivity contribution in [3.05, 3.63) is 34.4 Å². The van der Waals surface area contributed by atoms with Gasteiger partial charge in [0.05, 0.1) is 4.92 Å². The third-order valence-electron chi connectivity index (χ3n) is 2.99. The lowest BCUT2D eigenvalue weighted by molar-refractivity contribution is -0.384. The van der Waals surface area contributed by atoms with Crippen LogP contribution in [0.2, 0.25) is 0 Å². The summed E-state index contributed by atoms with van der Waals surface area (Å²) in [7, 11) is 0. The highest BCUT2D eigenvalue weighted by Crippen LogP contribution is 2.16. The average molecular weight is 308 g/mol. The Morgan fingerprint density at radius 1 is 1.27 bits per heavy atom. The number of amides is 2. The molecule has 0 fully saturated rings. The molecule has 0 bridgehead atoms. The van der Waals surface area contributed by atoms with Gasteiger partial charge in [0.1, 0.15) is 6.04 Å². The molecule has 0 spiro atoms. The number of hydrogen-bond acceptors (Lipinski definition) is 5. The van der Waals surface area contributed by atoms with Crippen molar-refractivity contribution in [2.75, 3.05) is 11.9 Å². The molecule has 2 amide bonds. The summed E-state index contributed by atoms with van der Waals surface area (Å²) in [6.07, 6.45) is 1.96. The van der Waals surface area contributed by atoms with Gasteiger partial charge in [-0.2, -0.15) is 0 Å². The van der Waals surface area contributed by atoms with E-state index in [9.17, 15) is 19.7 Å². The van der Waals surface area contributed by atoms with Gasteiger partial charge in [-0.3, -0.25) is 19.7 Å².